The van der Waals surface area contributed by atoms with Gasteiger partial charge in [-0.05, 0) is 35.0 Å². The van der Waals surface area contributed by atoms with Crippen LogP contribution in [0.2, 0.25) is 0 Å². The number of nitrogens with two attached hydrogens (primary N) is 1. The molecular formula is C22H18Br2N2O4. The largest absolute Gasteiger partial charge is 0.495 e. The van der Waals surface area contributed by atoms with E-state index in [-0.39, 0.29) is 29.4 Å². The van der Waals surface area contributed by atoms with Gasteiger partial charge in [0.2, 0.25) is 5.88 Å². The average molecular weight is 534 g/mol. The number of nitrogens with zero attached hydrogens (tertiary/aromatic N) is 1. The molecule has 3 rings (SSSR count). The molecule has 0 bridgehead atoms. The molecule has 0 saturated heterocycles. The number of allylic oxidation sites excluding steroid dienone is 1. The van der Waals surface area contributed by atoms with Gasteiger partial charge in [0.15, 0.2) is 0 Å². The Morgan fingerprint density at radius 1 is 1.27 bits per heavy atom. The fraction of sp³-hybridized carbons (Fsp3) is 0.182. The third kappa shape index (κ3) is 4.09. The van der Waals surface area contributed by atoms with Crippen molar-refractivity contribution in [2.45, 2.75) is 12.8 Å². The molecule has 0 radical (unpaired) electrons. The van der Waals surface area contributed by atoms with Crippen molar-refractivity contribution in [1.82, 2.24) is 0 Å². The number of hydrogen-bond acceptors (Lipinski definition) is 6. The summed E-state index contributed by atoms with van der Waals surface area (Å²) in [4.78, 5) is 13.1. The SMILES string of the molecule is CCOC(=O)C1=C(c2ccccc2)OC(N)=C(C#N)[C@H]1c1cc(Br)cc(Br)c1OC. The molecule has 8 heteroatoms. The third-order valence-corrected chi connectivity index (χ3v) is 5.55. The van der Waals surface area contributed by atoms with E-state index in [9.17, 15) is 10.1 Å². The fourth-order valence-corrected chi connectivity index (χ4v) is 4.72. The molecule has 2 aromatic carbocycles. The first-order valence-electron chi connectivity index (χ1n) is 9.00. The van der Waals surface area contributed by atoms with E-state index < -0.39 is 11.9 Å². The van der Waals surface area contributed by atoms with Gasteiger partial charge in [-0.25, -0.2) is 4.79 Å². The molecule has 0 spiro atoms. The van der Waals surface area contributed by atoms with Crippen LogP contribution in [0, 0.1) is 11.3 Å². The molecule has 1 atom stereocenters. The highest BCUT2D eigenvalue weighted by molar-refractivity contribution is 9.11. The fourth-order valence-electron chi connectivity index (χ4n) is 3.30. The van der Waals surface area contributed by atoms with Gasteiger partial charge >= 0.3 is 5.97 Å². The summed E-state index contributed by atoms with van der Waals surface area (Å²) in [5.74, 6) is -0.803. The number of benzene rings is 2. The lowest BCUT2D eigenvalue weighted by Crippen LogP contribution is -2.26. The molecule has 1 aliphatic rings. The molecule has 1 aliphatic heterocycles. The number of methoxy groups -OCH3 is 1. The first-order chi connectivity index (χ1) is 14.4. The number of halogens is 2. The number of esters is 1. The van der Waals surface area contributed by atoms with Crippen LogP contribution < -0.4 is 10.5 Å². The summed E-state index contributed by atoms with van der Waals surface area (Å²) < 4.78 is 18.1. The van der Waals surface area contributed by atoms with E-state index in [4.69, 9.17) is 19.9 Å². The van der Waals surface area contributed by atoms with Crippen molar-refractivity contribution >= 4 is 43.6 Å². The van der Waals surface area contributed by atoms with E-state index in [0.717, 1.165) is 4.47 Å². The second-order valence-electron chi connectivity index (χ2n) is 6.26. The Labute approximate surface area is 191 Å². The van der Waals surface area contributed by atoms with Gasteiger partial charge in [0.05, 0.1) is 29.7 Å². The molecule has 0 amide bonds. The van der Waals surface area contributed by atoms with E-state index in [1.807, 2.05) is 24.3 Å². The van der Waals surface area contributed by atoms with E-state index >= 15 is 0 Å². The standard InChI is InChI=1S/C22H18Br2N2O4/c1-3-29-22(27)18-17(14-9-13(23)10-16(24)20(14)28-2)15(11-25)21(26)30-19(18)12-7-5-4-6-8-12/h4-10,17H,3,26H2,1-2H3/t17-/m1/s1. The summed E-state index contributed by atoms with van der Waals surface area (Å²) >= 11 is 6.95. The van der Waals surface area contributed by atoms with Crippen LogP contribution in [0.1, 0.15) is 24.0 Å². The minimum absolute atomic E-state index is 0.0763. The van der Waals surface area contributed by atoms with Crippen molar-refractivity contribution in [3.63, 3.8) is 0 Å². The summed E-state index contributed by atoms with van der Waals surface area (Å²) in [6.07, 6.45) is 0. The number of hydrogen-bond donors (Lipinski definition) is 1. The Morgan fingerprint density at radius 2 is 1.97 bits per heavy atom. The quantitative estimate of drug-likeness (QED) is 0.543. The van der Waals surface area contributed by atoms with Crippen molar-refractivity contribution < 1.29 is 19.0 Å². The van der Waals surface area contributed by atoms with Gasteiger partial charge < -0.3 is 19.9 Å². The van der Waals surface area contributed by atoms with Gasteiger partial charge in [-0.3, -0.25) is 0 Å². The first-order valence-corrected chi connectivity index (χ1v) is 10.6. The summed E-state index contributed by atoms with van der Waals surface area (Å²) in [7, 11) is 1.52. The highest BCUT2D eigenvalue weighted by Crippen LogP contribution is 2.48. The first kappa shape index (κ1) is 21.9. The van der Waals surface area contributed by atoms with Gasteiger partial charge in [0.25, 0.3) is 0 Å². The molecule has 0 aliphatic carbocycles. The Kier molecular flexibility index (Phi) is 6.85. The second-order valence-corrected chi connectivity index (χ2v) is 8.03. The zero-order chi connectivity index (χ0) is 21.8. The molecule has 0 unspecified atom stereocenters. The predicted molar refractivity (Wildman–Crippen MR) is 119 cm³/mol. The molecule has 154 valence electrons. The maximum absolute atomic E-state index is 13.1. The molecule has 2 aromatic rings. The van der Waals surface area contributed by atoms with Gasteiger partial charge in [0.1, 0.15) is 23.2 Å². The Balaban J connectivity index is 2.38. The topological polar surface area (TPSA) is 94.6 Å². The van der Waals surface area contributed by atoms with Crippen LogP contribution >= 0.6 is 31.9 Å². The Hall–Kier alpha value is -2.76. The van der Waals surface area contributed by atoms with E-state index in [1.165, 1.54) is 7.11 Å². The van der Waals surface area contributed by atoms with Gasteiger partial charge in [-0.2, -0.15) is 5.26 Å². The number of carbonyl (C=O) groups is 1. The lowest BCUT2D eigenvalue weighted by molar-refractivity contribution is -0.138. The molecule has 0 fully saturated rings. The molecule has 6 nitrogen and oxygen atoms in total. The van der Waals surface area contributed by atoms with E-state index in [1.54, 1.807) is 25.1 Å². The average Bonchev–Trinajstić information content (AvgIpc) is 2.73. The molecule has 30 heavy (non-hydrogen) atoms. The van der Waals surface area contributed by atoms with E-state index in [0.29, 0.717) is 21.3 Å². The summed E-state index contributed by atoms with van der Waals surface area (Å²) in [5.41, 5.74) is 7.61. The zero-order valence-electron chi connectivity index (χ0n) is 16.2. The maximum Gasteiger partial charge on any atom is 0.338 e. The maximum atomic E-state index is 13.1. The molecule has 0 saturated carbocycles. The van der Waals surface area contributed by atoms with Crippen molar-refractivity contribution in [3.8, 4) is 11.8 Å². The summed E-state index contributed by atoms with van der Waals surface area (Å²) in [6.45, 7) is 1.88. The Morgan fingerprint density at radius 3 is 2.57 bits per heavy atom. The molecule has 1 heterocycles. The molecular weight excluding hydrogens is 516 g/mol. The lowest BCUT2D eigenvalue weighted by atomic mass is 9.81. The molecule has 0 aromatic heterocycles. The summed E-state index contributed by atoms with van der Waals surface area (Å²) in [5, 5.41) is 9.87. The van der Waals surface area contributed by atoms with Crippen molar-refractivity contribution in [1.29, 1.82) is 5.26 Å². The predicted octanol–water partition coefficient (Wildman–Crippen LogP) is 5.00. The molecule has 2 N–H and O–H groups in total. The Bertz CT molecular complexity index is 1090. The van der Waals surface area contributed by atoms with Gasteiger partial charge in [-0.1, -0.05) is 46.3 Å². The van der Waals surface area contributed by atoms with Crippen LogP contribution in [-0.4, -0.2) is 19.7 Å². The van der Waals surface area contributed by atoms with Crippen LogP contribution in [-0.2, 0) is 14.3 Å². The van der Waals surface area contributed by atoms with Crippen LogP contribution in [0.25, 0.3) is 5.76 Å². The smallest absolute Gasteiger partial charge is 0.338 e. The van der Waals surface area contributed by atoms with Crippen LogP contribution in [0.4, 0.5) is 0 Å². The monoisotopic (exact) mass is 532 g/mol. The highest BCUT2D eigenvalue weighted by Gasteiger charge is 2.40. The second kappa shape index (κ2) is 9.37. The third-order valence-electron chi connectivity index (χ3n) is 4.50. The number of carbonyl (C=O) groups excluding carboxylic acids is 1. The van der Waals surface area contributed by atoms with Crippen LogP contribution in [0.3, 0.4) is 0 Å². The number of ether oxygens (including phenoxy) is 3. The zero-order valence-corrected chi connectivity index (χ0v) is 19.4. The highest BCUT2D eigenvalue weighted by atomic mass is 79.9. The minimum Gasteiger partial charge on any atom is -0.495 e. The van der Waals surface area contributed by atoms with Gasteiger partial charge in [0, 0.05) is 15.6 Å². The van der Waals surface area contributed by atoms with Crippen molar-refractivity contribution in [3.05, 3.63) is 79.6 Å². The van der Waals surface area contributed by atoms with Gasteiger partial charge in [-0.15, -0.1) is 0 Å². The summed E-state index contributed by atoms with van der Waals surface area (Å²) in [6, 6.07) is 14.8. The minimum atomic E-state index is -0.846. The number of rotatable bonds is 5. The normalized spacial score (nSPS) is 16.0. The van der Waals surface area contributed by atoms with E-state index in [2.05, 4.69) is 37.9 Å². The van der Waals surface area contributed by atoms with Crippen molar-refractivity contribution in [2.75, 3.05) is 13.7 Å². The lowest BCUT2D eigenvalue weighted by Gasteiger charge is -2.29. The number of nitriles is 1. The van der Waals surface area contributed by atoms with Crippen LogP contribution in [0.5, 0.6) is 5.75 Å². The van der Waals surface area contributed by atoms with Crippen molar-refractivity contribution in [2.24, 2.45) is 5.73 Å². The van der Waals surface area contributed by atoms with Crippen LogP contribution in [0.15, 0.2) is 68.4 Å².